The number of likely N-dealkylation sites (tertiary alicyclic amines) is 1. The Kier molecular flexibility index (Phi) is 5.11. The first-order chi connectivity index (χ1) is 14.5. The first-order valence-electron chi connectivity index (χ1n) is 10.2. The standard InChI is InChI=1S/C21H24F4N4O2/c1-12-11-29(18(30)19(2,31)21(23,24)25)10-7-15(12)20(8-9-20)17-26-16(27-28-17)13-3-5-14(22)6-4-13/h3-6,12,15,31H,7-11H2,1-2H3,(H,26,27,28)/t12?,15?,19-/m1/s1. The molecule has 1 amide bonds. The van der Waals surface area contributed by atoms with Crippen molar-refractivity contribution in [1.82, 2.24) is 20.1 Å². The molecule has 2 fully saturated rings. The van der Waals surface area contributed by atoms with Crippen LogP contribution in [-0.2, 0) is 10.2 Å². The molecule has 10 heteroatoms. The average Bonchev–Trinajstić information content (AvgIpc) is 3.35. The largest absolute Gasteiger partial charge is 0.426 e. The molecule has 2 heterocycles. The van der Waals surface area contributed by atoms with Crippen molar-refractivity contribution >= 4 is 5.91 Å². The second-order valence-electron chi connectivity index (χ2n) is 8.86. The number of piperidine rings is 1. The van der Waals surface area contributed by atoms with Gasteiger partial charge in [-0.2, -0.15) is 18.3 Å². The van der Waals surface area contributed by atoms with Gasteiger partial charge in [0.25, 0.3) is 5.91 Å². The van der Waals surface area contributed by atoms with Crippen molar-refractivity contribution in [3.63, 3.8) is 0 Å². The molecule has 1 aliphatic carbocycles. The molecule has 0 spiro atoms. The van der Waals surface area contributed by atoms with Crippen molar-refractivity contribution in [3.05, 3.63) is 35.9 Å². The number of hydrogen-bond acceptors (Lipinski definition) is 4. The van der Waals surface area contributed by atoms with Crippen molar-refractivity contribution in [3.8, 4) is 11.4 Å². The summed E-state index contributed by atoms with van der Waals surface area (Å²) in [5.41, 5.74) is -2.97. The van der Waals surface area contributed by atoms with Crippen LogP contribution in [0, 0.1) is 17.7 Å². The summed E-state index contributed by atoms with van der Waals surface area (Å²) in [6.45, 7) is 2.68. The van der Waals surface area contributed by atoms with E-state index in [9.17, 15) is 27.5 Å². The van der Waals surface area contributed by atoms with E-state index >= 15 is 0 Å². The molecule has 2 aliphatic rings. The number of carbonyl (C=O) groups excluding carboxylic acids is 1. The molecule has 1 aliphatic heterocycles. The van der Waals surface area contributed by atoms with Crippen molar-refractivity contribution in [2.75, 3.05) is 13.1 Å². The molecule has 0 bridgehead atoms. The first kappa shape index (κ1) is 21.7. The number of rotatable bonds is 4. The Morgan fingerprint density at radius 2 is 1.90 bits per heavy atom. The second-order valence-corrected chi connectivity index (χ2v) is 8.86. The quantitative estimate of drug-likeness (QED) is 0.714. The minimum Gasteiger partial charge on any atom is -0.373 e. The Hall–Kier alpha value is -2.49. The molecule has 1 saturated heterocycles. The molecular formula is C21H24F4N4O2. The van der Waals surface area contributed by atoms with Crippen LogP contribution in [0.5, 0.6) is 0 Å². The lowest BCUT2D eigenvalue weighted by Crippen LogP contribution is -2.59. The molecule has 0 radical (unpaired) electrons. The number of aromatic amines is 1. The summed E-state index contributed by atoms with van der Waals surface area (Å²) < 4.78 is 52.3. The fraction of sp³-hybridized carbons (Fsp3) is 0.571. The summed E-state index contributed by atoms with van der Waals surface area (Å²) in [6.07, 6.45) is -2.78. The summed E-state index contributed by atoms with van der Waals surface area (Å²) >= 11 is 0. The molecule has 3 atom stereocenters. The second kappa shape index (κ2) is 7.29. The fourth-order valence-corrected chi connectivity index (χ4v) is 4.71. The Balaban J connectivity index is 1.49. The fourth-order valence-electron chi connectivity index (χ4n) is 4.71. The van der Waals surface area contributed by atoms with E-state index in [1.807, 2.05) is 6.92 Å². The van der Waals surface area contributed by atoms with Gasteiger partial charge in [0, 0.05) is 24.1 Å². The van der Waals surface area contributed by atoms with Gasteiger partial charge >= 0.3 is 6.18 Å². The predicted octanol–water partition coefficient (Wildman–Crippen LogP) is 3.44. The summed E-state index contributed by atoms with van der Waals surface area (Å²) in [4.78, 5) is 18.1. The zero-order chi connectivity index (χ0) is 22.6. The minimum absolute atomic E-state index is 0.0800. The molecule has 1 aromatic heterocycles. The number of amides is 1. The number of nitrogens with zero attached hydrogens (tertiary/aromatic N) is 3. The van der Waals surface area contributed by atoms with Gasteiger partial charge in [-0.3, -0.25) is 9.89 Å². The maximum atomic E-state index is 13.2. The van der Waals surface area contributed by atoms with E-state index in [0.717, 1.165) is 17.7 Å². The van der Waals surface area contributed by atoms with Gasteiger partial charge in [-0.25, -0.2) is 9.37 Å². The van der Waals surface area contributed by atoms with Crippen LogP contribution >= 0.6 is 0 Å². The monoisotopic (exact) mass is 440 g/mol. The number of halogens is 4. The van der Waals surface area contributed by atoms with E-state index in [1.165, 1.54) is 12.1 Å². The number of H-pyrrole nitrogens is 1. The highest BCUT2D eigenvalue weighted by Gasteiger charge is 2.59. The van der Waals surface area contributed by atoms with Gasteiger partial charge < -0.3 is 10.0 Å². The topological polar surface area (TPSA) is 82.1 Å². The summed E-state index contributed by atoms with van der Waals surface area (Å²) in [5.74, 6) is -0.454. The zero-order valence-electron chi connectivity index (χ0n) is 17.2. The van der Waals surface area contributed by atoms with E-state index in [4.69, 9.17) is 0 Å². The molecule has 2 aromatic rings. The SMILES string of the molecule is CC1CN(C(=O)[C@@](C)(O)C(F)(F)F)CCC1C1(c2nc(-c3ccc(F)cc3)n[nH]2)CC1. The molecule has 1 aromatic carbocycles. The molecule has 2 N–H and O–H groups in total. The third-order valence-corrected chi connectivity index (χ3v) is 6.72. The number of aromatic nitrogens is 3. The third kappa shape index (κ3) is 3.71. The van der Waals surface area contributed by atoms with Crippen LogP contribution in [-0.4, -0.2) is 56.0 Å². The normalized spacial score (nSPS) is 25.2. The summed E-state index contributed by atoms with van der Waals surface area (Å²) in [5, 5.41) is 17.0. The Morgan fingerprint density at radius 1 is 1.26 bits per heavy atom. The number of nitrogens with one attached hydrogen (secondary N) is 1. The lowest BCUT2D eigenvalue weighted by molar-refractivity contribution is -0.251. The van der Waals surface area contributed by atoms with Crippen molar-refractivity contribution in [1.29, 1.82) is 0 Å². The van der Waals surface area contributed by atoms with E-state index in [-0.39, 0.29) is 36.2 Å². The van der Waals surface area contributed by atoms with Crippen LogP contribution in [0.4, 0.5) is 17.6 Å². The van der Waals surface area contributed by atoms with Gasteiger partial charge in [-0.1, -0.05) is 6.92 Å². The molecule has 2 unspecified atom stereocenters. The van der Waals surface area contributed by atoms with Crippen LogP contribution in [0.1, 0.15) is 38.9 Å². The van der Waals surface area contributed by atoms with Crippen molar-refractivity contribution < 1.29 is 27.5 Å². The van der Waals surface area contributed by atoms with Crippen LogP contribution < -0.4 is 0 Å². The van der Waals surface area contributed by atoms with Gasteiger partial charge in [-0.05, 0) is 62.3 Å². The summed E-state index contributed by atoms with van der Waals surface area (Å²) in [7, 11) is 0. The van der Waals surface area contributed by atoms with E-state index in [2.05, 4.69) is 15.2 Å². The summed E-state index contributed by atoms with van der Waals surface area (Å²) in [6, 6.07) is 5.87. The zero-order valence-corrected chi connectivity index (χ0v) is 17.2. The average molecular weight is 440 g/mol. The number of carbonyl (C=O) groups is 1. The molecule has 168 valence electrons. The van der Waals surface area contributed by atoms with Crippen LogP contribution in [0.2, 0.25) is 0 Å². The van der Waals surface area contributed by atoms with Gasteiger partial charge in [0.1, 0.15) is 11.6 Å². The minimum atomic E-state index is -5.03. The Labute approximate surface area is 176 Å². The molecule has 6 nitrogen and oxygen atoms in total. The third-order valence-electron chi connectivity index (χ3n) is 6.72. The lowest BCUT2D eigenvalue weighted by Gasteiger charge is -2.42. The van der Waals surface area contributed by atoms with Crippen LogP contribution in [0.15, 0.2) is 24.3 Å². The maximum Gasteiger partial charge on any atom is 0.426 e. The molecular weight excluding hydrogens is 416 g/mol. The number of alkyl halides is 3. The van der Waals surface area contributed by atoms with Crippen LogP contribution in [0.3, 0.4) is 0 Å². The van der Waals surface area contributed by atoms with Crippen molar-refractivity contribution in [2.45, 2.75) is 50.3 Å². The van der Waals surface area contributed by atoms with Gasteiger partial charge in [0.15, 0.2) is 5.82 Å². The molecule has 1 saturated carbocycles. The Bertz CT molecular complexity index is 967. The van der Waals surface area contributed by atoms with Gasteiger partial charge in [-0.15, -0.1) is 0 Å². The lowest BCUT2D eigenvalue weighted by atomic mass is 9.74. The smallest absolute Gasteiger partial charge is 0.373 e. The van der Waals surface area contributed by atoms with Crippen LogP contribution in [0.25, 0.3) is 11.4 Å². The van der Waals surface area contributed by atoms with E-state index in [0.29, 0.717) is 30.6 Å². The van der Waals surface area contributed by atoms with E-state index in [1.54, 1.807) is 12.1 Å². The highest BCUT2D eigenvalue weighted by Crippen LogP contribution is 2.57. The highest BCUT2D eigenvalue weighted by molar-refractivity contribution is 5.85. The highest BCUT2D eigenvalue weighted by atomic mass is 19.4. The Morgan fingerprint density at radius 3 is 2.45 bits per heavy atom. The maximum absolute atomic E-state index is 13.2. The van der Waals surface area contributed by atoms with Gasteiger partial charge in [0.05, 0.1) is 0 Å². The number of benzene rings is 1. The number of aliphatic hydroxyl groups is 1. The van der Waals surface area contributed by atoms with Gasteiger partial charge in [0.2, 0.25) is 5.60 Å². The molecule has 4 rings (SSSR count). The van der Waals surface area contributed by atoms with E-state index < -0.39 is 17.7 Å². The predicted molar refractivity (Wildman–Crippen MR) is 103 cm³/mol. The number of hydrogen-bond donors (Lipinski definition) is 2. The first-order valence-corrected chi connectivity index (χ1v) is 10.2. The van der Waals surface area contributed by atoms with Crippen molar-refractivity contribution in [2.24, 2.45) is 11.8 Å². The molecule has 31 heavy (non-hydrogen) atoms.